The van der Waals surface area contributed by atoms with Crippen molar-refractivity contribution >= 4 is 23.1 Å². The van der Waals surface area contributed by atoms with E-state index < -0.39 is 17.7 Å². The van der Waals surface area contributed by atoms with Gasteiger partial charge in [0, 0.05) is 23.6 Å². The van der Waals surface area contributed by atoms with Gasteiger partial charge >= 0.3 is 0 Å². The lowest BCUT2D eigenvalue weighted by atomic mass is 9.94. The summed E-state index contributed by atoms with van der Waals surface area (Å²) in [5.41, 5.74) is 4.80. The number of ketones is 1. The van der Waals surface area contributed by atoms with Crippen molar-refractivity contribution in [1.29, 1.82) is 0 Å². The van der Waals surface area contributed by atoms with Crippen LogP contribution in [-0.4, -0.2) is 21.8 Å². The summed E-state index contributed by atoms with van der Waals surface area (Å²) < 4.78 is 0. The van der Waals surface area contributed by atoms with Crippen LogP contribution in [0.1, 0.15) is 53.6 Å². The van der Waals surface area contributed by atoms with Crippen LogP contribution in [0.4, 0.5) is 5.69 Å². The van der Waals surface area contributed by atoms with Gasteiger partial charge < -0.3 is 5.11 Å². The van der Waals surface area contributed by atoms with E-state index in [0.29, 0.717) is 22.7 Å². The normalized spacial score (nSPS) is 17.9. The lowest BCUT2D eigenvalue weighted by molar-refractivity contribution is -0.132. The molecule has 2 aromatic carbocycles. The van der Waals surface area contributed by atoms with Crippen molar-refractivity contribution in [2.75, 3.05) is 4.90 Å². The quantitative estimate of drug-likeness (QED) is 0.342. The van der Waals surface area contributed by atoms with Crippen LogP contribution in [0.25, 0.3) is 5.76 Å². The Hall–Kier alpha value is -3.73. The minimum Gasteiger partial charge on any atom is -0.507 e. The number of carbonyl (C=O) groups excluding carboxylic acids is 2. The number of pyridine rings is 1. The lowest BCUT2D eigenvalue weighted by Gasteiger charge is -2.25. The van der Waals surface area contributed by atoms with E-state index in [2.05, 4.69) is 18.8 Å². The molecule has 162 valence electrons. The molecule has 1 amide bonds. The van der Waals surface area contributed by atoms with Crippen molar-refractivity contribution in [3.05, 3.63) is 100 Å². The molecule has 2 heterocycles. The third kappa shape index (κ3) is 3.71. The number of aliphatic hydroxyl groups excluding tert-OH is 1. The van der Waals surface area contributed by atoms with Gasteiger partial charge in [-0.05, 0) is 60.7 Å². The van der Waals surface area contributed by atoms with E-state index in [1.54, 1.807) is 18.5 Å². The van der Waals surface area contributed by atoms with E-state index in [4.69, 9.17) is 0 Å². The summed E-state index contributed by atoms with van der Waals surface area (Å²) in [5.74, 6) is -1.19. The monoisotopic (exact) mass is 426 g/mol. The maximum Gasteiger partial charge on any atom is 0.300 e. The first-order valence-corrected chi connectivity index (χ1v) is 10.7. The minimum absolute atomic E-state index is 0.0737. The Morgan fingerprint density at radius 1 is 1.03 bits per heavy atom. The second-order valence-corrected chi connectivity index (χ2v) is 8.52. The number of aryl methyl sites for hydroxylation is 2. The zero-order valence-electron chi connectivity index (χ0n) is 18.7. The second-order valence-electron chi connectivity index (χ2n) is 8.52. The van der Waals surface area contributed by atoms with Crippen LogP contribution < -0.4 is 4.90 Å². The fourth-order valence-electron chi connectivity index (χ4n) is 4.11. The highest BCUT2D eigenvalue weighted by atomic mass is 16.3. The summed E-state index contributed by atoms with van der Waals surface area (Å²) in [7, 11) is 0. The van der Waals surface area contributed by atoms with Crippen molar-refractivity contribution in [3.63, 3.8) is 0 Å². The van der Waals surface area contributed by atoms with Crippen LogP contribution in [0.3, 0.4) is 0 Å². The van der Waals surface area contributed by atoms with Crippen LogP contribution >= 0.6 is 0 Å². The molecule has 5 heteroatoms. The molecule has 1 aliphatic heterocycles. The fraction of sp³-hybridized carbons (Fsp3) is 0.222. The molecule has 1 N–H and O–H groups in total. The second kappa shape index (κ2) is 8.42. The third-order valence-corrected chi connectivity index (χ3v) is 5.93. The predicted molar refractivity (Wildman–Crippen MR) is 125 cm³/mol. The van der Waals surface area contributed by atoms with E-state index in [0.717, 1.165) is 16.7 Å². The summed E-state index contributed by atoms with van der Waals surface area (Å²) in [6.07, 6.45) is 3.26. The Kier molecular flexibility index (Phi) is 5.66. The standard InChI is InChI=1S/C27H26N2O3/c1-16(2)19-9-11-21(12-10-19)29-24(20-6-5-13-28-15-20)23(26(31)27(29)32)25(30)22-14-17(3)7-8-18(22)4/h5-16,24,30H,1-4H3/b25-23+. The van der Waals surface area contributed by atoms with Crippen molar-refractivity contribution in [2.45, 2.75) is 39.7 Å². The van der Waals surface area contributed by atoms with E-state index in [1.807, 2.05) is 62.4 Å². The number of amides is 1. The van der Waals surface area contributed by atoms with Crippen molar-refractivity contribution in [1.82, 2.24) is 4.98 Å². The number of anilines is 1. The lowest BCUT2D eigenvalue weighted by Crippen LogP contribution is -2.29. The maximum absolute atomic E-state index is 13.2. The molecule has 1 saturated heterocycles. The van der Waals surface area contributed by atoms with Crippen LogP contribution in [-0.2, 0) is 9.59 Å². The zero-order chi connectivity index (χ0) is 23.0. The van der Waals surface area contributed by atoms with Gasteiger partial charge in [-0.15, -0.1) is 0 Å². The van der Waals surface area contributed by atoms with Crippen LogP contribution in [0.2, 0.25) is 0 Å². The number of rotatable bonds is 4. The Labute approximate surface area is 188 Å². The molecule has 0 saturated carbocycles. The van der Waals surface area contributed by atoms with Gasteiger partial charge in [0.25, 0.3) is 11.7 Å². The number of nitrogens with zero attached hydrogens (tertiary/aromatic N) is 2. The molecule has 0 radical (unpaired) electrons. The third-order valence-electron chi connectivity index (χ3n) is 5.93. The van der Waals surface area contributed by atoms with Gasteiger partial charge in [0.1, 0.15) is 5.76 Å². The highest BCUT2D eigenvalue weighted by Crippen LogP contribution is 2.42. The summed E-state index contributed by atoms with van der Waals surface area (Å²) in [4.78, 5) is 32.1. The van der Waals surface area contributed by atoms with Gasteiger partial charge in [-0.2, -0.15) is 0 Å². The first-order chi connectivity index (χ1) is 15.3. The number of Topliss-reactive ketones (excluding diaryl/α,β-unsaturated/α-hetero) is 1. The molecule has 1 aliphatic rings. The Balaban J connectivity index is 1.93. The highest BCUT2D eigenvalue weighted by Gasteiger charge is 2.47. The molecule has 1 aromatic heterocycles. The Morgan fingerprint density at radius 2 is 1.75 bits per heavy atom. The maximum atomic E-state index is 13.2. The summed E-state index contributed by atoms with van der Waals surface area (Å²) in [6.45, 7) is 7.99. The van der Waals surface area contributed by atoms with Gasteiger partial charge in [0.15, 0.2) is 0 Å². The zero-order valence-corrected chi connectivity index (χ0v) is 18.7. The number of aliphatic hydroxyl groups is 1. The molecule has 32 heavy (non-hydrogen) atoms. The number of hydrogen-bond donors (Lipinski definition) is 1. The van der Waals surface area contributed by atoms with Crippen LogP contribution in [0, 0.1) is 13.8 Å². The minimum atomic E-state index is -0.770. The van der Waals surface area contributed by atoms with Crippen LogP contribution in [0.15, 0.2) is 72.6 Å². The molecule has 3 aromatic rings. The molecule has 4 rings (SSSR count). The predicted octanol–water partition coefficient (Wildman–Crippen LogP) is 5.45. The first-order valence-electron chi connectivity index (χ1n) is 10.7. The molecular formula is C27H26N2O3. The number of benzene rings is 2. The van der Waals surface area contributed by atoms with Gasteiger partial charge in [0.2, 0.25) is 0 Å². The molecule has 0 bridgehead atoms. The topological polar surface area (TPSA) is 70.5 Å². The van der Waals surface area contributed by atoms with Crippen molar-refractivity contribution in [2.24, 2.45) is 0 Å². The average Bonchev–Trinajstić information content (AvgIpc) is 3.06. The highest BCUT2D eigenvalue weighted by molar-refractivity contribution is 6.51. The summed E-state index contributed by atoms with van der Waals surface area (Å²) in [5, 5.41) is 11.3. The van der Waals surface area contributed by atoms with Crippen LogP contribution in [0.5, 0.6) is 0 Å². The van der Waals surface area contributed by atoms with Gasteiger partial charge in [-0.1, -0.05) is 49.7 Å². The van der Waals surface area contributed by atoms with Gasteiger partial charge in [0.05, 0.1) is 11.6 Å². The van der Waals surface area contributed by atoms with E-state index in [1.165, 1.54) is 4.90 Å². The number of hydrogen-bond acceptors (Lipinski definition) is 4. The molecule has 1 fully saturated rings. The molecule has 0 aliphatic carbocycles. The summed E-state index contributed by atoms with van der Waals surface area (Å²) >= 11 is 0. The SMILES string of the molecule is Cc1ccc(C)c(/C(O)=C2\C(=O)C(=O)N(c3ccc(C(C)C)cc3)C2c2cccnc2)c1. The largest absolute Gasteiger partial charge is 0.507 e. The Morgan fingerprint density at radius 3 is 2.38 bits per heavy atom. The molecule has 0 spiro atoms. The summed E-state index contributed by atoms with van der Waals surface area (Å²) in [6, 6.07) is 16.1. The smallest absolute Gasteiger partial charge is 0.300 e. The molecule has 1 atom stereocenters. The average molecular weight is 427 g/mol. The molecular weight excluding hydrogens is 400 g/mol. The van der Waals surface area contributed by atoms with Gasteiger partial charge in [-0.25, -0.2) is 0 Å². The first kappa shape index (κ1) is 21.5. The number of carbonyl (C=O) groups is 2. The van der Waals surface area contributed by atoms with E-state index in [9.17, 15) is 14.7 Å². The van der Waals surface area contributed by atoms with Gasteiger partial charge in [-0.3, -0.25) is 19.5 Å². The molecule has 1 unspecified atom stereocenters. The fourth-order valence-corrected chi connectivity index (χ4v) is 4.11. The van der Waals surface area contributed by atoms with Crippen molar-refractivity contribution < 1.29 is 14.7 Å². The van der Waals surface area contributed by atoms with E-state index in [-0.39, 0.29) is 11.3 Å². The molecule has 5 nitrogen and oxygen atoms in total. The Bertz CT molecular complexity index is 1210. The number of aromatic nitrogens is 1. The van der Waals surface area contributed by atoms with Crippen molar-refractivity contribution in [3.8, 4) is 0 Å². The van der Waals surface area contributed by atoms with E-state index >= 15 is 0 Å².